The second-order valence-corrected chi connectivity index (χ2v) is 3.95. The molecule has 1 N–H and O–H groups in total. The molecule has 2 aromatic carbocycles. The standard InChI is InChI=1S/C16H14O/c1-13-6-5-9-15(12-13)16(17)11-10-14-7-3-2-4-8-14/h2-9,12,16-17H,1H3. The van der Waals surface area contributed by atoms with Gasteiger partial charge in [-0.2, -0.15) is 0 Å². The van der Waals surface area contributed by atoms with Crippen LogP contribution in [-0.4, -0.2) is 5.11 Å². The number of benzene rings is 2. The third-order valence-electron chi connectivity index (χ3n) is 2.48. The summed E-state index contributed by atoms with van der Waals surface area (Å²) in [6.07, 6.45) is -0.727. The van der Waals surface area contributed by atoms with E-state index in [0.29, 0.717) is 0 Å². The second kappa shape index (κ2) is 5.34. The maximum Gasteiger partial charge on any atom is 0.140 e. The maximum absolute atomic E-state index is 9.93. The van der Waals surface area contributed by atoms with Crippen molar-refractivity contribution in [3.8, 4) is 11.8 Å². The monoisotopic (exact) mass is 222 g/mol. The lowest BCUT2D eigenvalue weighted by Gasteiger charge is -2.04. The van der Waals surface area contributed by atoms with Gasteiger partial charge in [-0.3, -0.25) is 0 Å². The largest absolute Gasteiger partial charge is 0.376 e. The van der Waals surface area contributed by atoms with Crippen LogP contribution in [-0.2, 0) is 0 Å². The summed E-state index contributed by atoms with van der Waals surface area (Å²) < 4.78 is 0. The maximum atomic E-state index is 9.93. The van der Waals surface area contributed by atoms with Crippen LogP contribution in [0.5, 0.6) is 0 Å². The third kappa shape index (κ3) is 3.21. The zero-order chi connectivity index (χ0) is 12.1. The van der Waals surface area contributed by atoms with Gasteiger partial charge in [0.2, 0.25) is 0 Å². The van der Waals surface area contributed by atoms with Crippen molar-refractivity contribution in [1.82, 2.24) is 0 Å². The van der Waals surface area contributed by atoms with E-state index in [1.807, 2.05) is 61.5 Å². The molecule has 2 rings (SSSR count). The molecule has 0 spiro atoms. The molecule has 0 saturated heterocycles. The van der Waals surface area contributed by atoms with Crippen LogP contribution in [0.3, 0.4) is 0 Å². The summed E-state index contributed by atoms with van der Waals surface area (Å²) >= 11 is 0. The van der Waals surface area contributed by atoms with E-state index in [1.165, 1.54) is 0 Å². The van der Waals surface area contributed by atoms with E-state index in [9.17, 15) is 5.11 Å². The lowest BCUT2D eigenvalue weighted by molar-refractivity contribution is 0.238. The predicted molar refractivity (Wildman–Crippen MR) is 69.5 cm³/mol. The average Bonchev–Trinajstić information content (AvgIpc) is 2.37. The fraction of sp³-hybridized carbons (Fsp3) is 0.125. The average molecular weight is 222 g/mol. The summed E-state index contributed by atoms with van der Waals surface area (Å²) in [7, 11) is 0. The number of aliphatic hydroxyl groups excluding tert-OH is 1. The Labute approximate surface area is 102 Å². The van der Waals surface area contributed by atoms with Crippen molar-refractivity contribution in [3.05, 3.63) is 71.3 Å². The van der Waals surface area contributed by atoms with Crippen molar-refractivity contribution in [2.45, 2.75) is 13.0 Å². The topological polar surface area (TPSA) is 20.2 Å². The zero-order valence-corrected chi connectivity index (χ0v) is 9.72. The quantitative estimate of drug-likeness (QED) is 0.735. The first-order valence-corrected chi connectivity index (χ1v) is 5.57. The molecular formula is C16H14O. The number of aliphatic hydroxyl groups is 1. The van der Waals surface area contributed by atoms with Gasteiger partial charge >= 0.3 is 0 Å². The van der Waals surface area contributed by atoms with Gasteiger partial charge in [0.1, 0.15) is 6.10 Å². The molecular weight excluding hydrogens is 208 g/mol. The highest BCUT2D eigenvalue weighted by molar-refractivity contribution is 5.37. The highest BCUT2D eigenvalue weighted by atomic mass is 16.3. The van der Waals surface area contributed by atoms with Crippen molar-refractivity contribution >= 4 is 0 Å². The molecule has 0 radical (unpaired) electrons. The molecule has 0 aromatic heterocycles. The van der Waals surface area contributed by atoms with Gasteiger partial charge in [-0.05, 0) is 24.6 Å². The van der Waals surface area contributed by atoms with E-state index in [2.05, 4.69) is 11.8 Å². The molecule has 0 amide bonds. The molecule has 84 valence electrons. The van der Waals surface area contributed by atoms with Crippen LogP contribution in [0.2, 0.25) is 0 Å². The molecule has 0 heterocycles. The molecule has 1 heteroatoms. The van der Waals surface area contributed by atoms with Crippen LogP contribution in [0.1, 0.15) is 22.8 Å². The Balaban J connectivity index is 2.18. The zero-order valence-electron chi connectivity index (χ0n) is 9.72. The molecule has 2 aromatic rings. The van der Waals surface area contributed by atoms with Gasteiger partial charge < -0.3 is 5.11 Å². The minimum Gasteiger partial charge on any atom is -0.376 e. The van der Waals surface area contributed by atoms with Crippen LogP contribution >= 0.6 is 0 Å². The van der Waals surface area contributed by atoms with Crippen molar-refractivity contribution in [2.75, 3.05) is 0 Å². The van der Waals surface area contributed by atoms with Crippen molar-refractivity contribution in [3.63, 3.8) is 0 Å². The van der Waals surface area contributed by atoms with E-state index in [-0.39, 0.29) is 0 Å². The number of hydrogen-bond acceptors (Lipinski definition) is 1. The Morgan fingerprint density at radius 1 is 1.00 bits per heavy atom. The van der Waals surface area contributed by atoms with Crippen molar-refractivity contribution < 1.29 is 5.11 Å². The Kier molecular flexibility index (Phi) is 3.59. The first-order valence-electron chi connectivity index (χ1n) is 5.57. The van der Waals surface area contributed by atoms with Gasteiger partial charge in [0.25, 0.3) is 0 Å². The van der Waals surface area contributed by atoms with Gasteiger partial charge in [0.05, 0.1) is 0 Å². The summed E-state index contributed by atoms with van der Waals surface area (Å²) in [5.74, 6) is 5.81. The Bertz CT molecular complexity index is 546. The van der Waals surface area contributed by atoms with Gasteiger partial charge in [0, 0.05) is 5.56 Å². The lowest BCUT2D eigenvalue weighted by Crippen LogP contribution is -1.93. The Morgan fingerprint density at radius 2 is 1.76 bits per heavy atom. The van der Waals surface area contributed by atoms with E-state index >= 15 is 0 Å². The van der Waals surface area contributed by atoms with Crippen LogP contribution in [0.15, 0.2) is 54.6 Å². The molecule has 1 nitrogen and oxygen atoms in total. The molecule has 0 bridgehead atoms. The molecule has 0 saturated carbocycles. The summed E-state index contributed by atoms with van der Waals surface area (Å²) in [4.78, 5) is 0. The number of hydrogen-bond donors (Lipinski definition) is 1. The molecule has 0 aliphatic carbocycles. The van der Waals surface area contributed by atoms with E-state index in [0.717, 1.165) is 16.7 Å². The fourth-order valence-electron chi connectivity index (χ4n) is 1.60. The third-order valence-corrected chi connectivity index (χ3v) is 2.48. The summed E-state index contributed by atoms with van der Waals surface area (Å²) in [5.41, 5.74) is 2.88. The summed E-state index contributed by atoms with van der Waals surface area (Å²) in [6.45, 7) is 2.00. The van der Waals surface area contributed by atoms with Gasteiger partial charge in [-0.1, -0.05) is 59.9 Å². The highest BCUT2D eigenvalue weighted by Gasteiger charge is 2.02. The second-order valence-electron chi connectivity index (χ2n) is 3.95. The van der Waals surface area contributed by atoms with Gasteiger partial charge in [-0.15, -0.1) is 0 Å². The number of aryl methyl sites for hydroxylation is 1. The first kappa shape index (κ1) is 11.4. The summed E-state index contributed by atoms with van der Waals surface area (Å²) in [6, 6.07) is 17.4. The number of rotatable bonds is 1. The van der Waals surface area contributed by atoms with Crippen LogP contribution in [0.25, 0.3) is 0 Å². The van der Waals surface area contributed by atoms with Crippen LogP contribution in [0.4, 0.5) is 0 Å². The minimum absolute atomic E-state index is 0.727. The van der Waals surface area contributed by atoms with E-state index < -0.39 is 6.10 Å². The van der Waals surface area contributed by atoms with Crippen molar-refractivity contribution in [1.29, 1.82) is 0 Å². The molecule has 17 heavy (non-hydrogen) atoms. The first-order chi connectivity index (χ1) is 8.25. The highest BCUT2D eigenvalue weighted by Crippen LogP contribution is 2.13. The predicted octanol–water partition coefficient (Wildman–Crippen LogP) is 3.08. The molecule has 0 aliphatic heterocycles. The molecule has 0 fully saturated rings. The normalized spacial score (nSPS) is 11.4. The summed E-state index contributed by atoms with van der Waals surface area (Å²) in [5, 5.41) is 9.93. The van der Waals surface area contributed by atoms with Gasteiger partial charge in [-0.25, -0.2) is 0 Å². The van der Waals surface area contributed by atoms with Gasteiger partial charge in [0.15, 0.2) is 0 Å². The SMILES string of the molecule is Cc1cccc(C(O)C#Cc2ccccc2)c1. The Hall–Kier alpha value is -2.04. The smallest absolute Gasteiger partial charge is 0.140 e. The fourth-order valence-corrected chi connectivity index (χ4v) is 1.60. The van der Waals surface area contributed by atoms with Crippen LogP contribution in [0, 0.1) is 18.8 Å². The van der Waals surface area contributed by atoms with E-state index in [4.69, 9.17) is 0 Å². The minimum atomic E-state index is -0.727. The Morgan fingerprint density at radius 3 is 2.47 bits per heavy atom. The molecule has 1 unspecified atom stereocenters. The van der Waals surface area contributed by atoms with E-state index in [1.54, 1.807) is 0 Å². The molecule has 1 atom stereocenters. The van der Waals surface area contributed by atoms with Crippen molar-refractivity contribution in [2.24, 2.45) is 0 Å². The van der Waals surface area contributed by atoms with Crippen LogP contribution < -0.4 is 0 Å². The molecule has 0 aliphatic rings. The lowest BCUT2D eigenvalue weighted by atomic mass is 10.1.